The lowest BCUT2D eigenvalue weighted by molar-refractivity contribution is 0.0741. The fourth-order valence-corrected chi connectivity index (χ4v) is 0.572. The second-order valence-electron chi connectivity index (χ2n) is 2.46. The molecule has 0 atom stereocenters. The van der Waals surface area contributed by atoms with E-state index < -0.39 is 0 Å². The lowest BCUT2D eigenvalue weighted by atomic mass is 10.1. The van der Waals surface area contributed by atoms with Crippen molar-refractivity contribution >= 4 is 15.9 Å². The molecule has 58 valence electrons. The van der Waals surface area contributed by atoms with Gasteiger partial charge in [0.1, 0.15) is 5.60 Å². The van der Waals surface area contributed by atoms with Crippen LogP contribution in [0.5, 0.6) is 0 Å². The maximum Gasteiger partial charge on any atom is 0.122 e. The lowest BCUT2D eigenvalue weighted by Gasteiger charge is -2.13. The summed E-state index contributed by atoms with van der Waals surface area (Å²) in [6.07, 6.45) is 0.882. The summed E-state index contributed by atoms with van der Waals surface area (Å²) < 4.78 is 5.10. The van der Waals surface area contributed by atoms with Crippen LogP contribution in [0.15, 0.2) is 0 Å². The Morgan fingerprint density at radius 1 is 1.50 bits per heavy atom. The fraction of sp³-hybridized carbons (Fsp3) is 0.750. The van der Waals surface area contributed by atoms with Crippen molar-refractivity contribution in [2.45, 2.75) is 25.9 Å². The van der Waals surface area contributed by atoms with E-state index in [4.69, 9.17) is 4.74 Å². The summed E-state index contributed by atoms with van der Waals surface area (Å²) in [6.45, 7) is 3.91. The van der Waals surface area contributed by atoms with Crippen molar-refractivity contribution in [1.29, 1.82) is 0 Å². The first kappa shape index (κ1) is 10.0. The predicted molar refractivity (Wildman–Crippen MR) is 47.3 cm³/mol. The number of rotatable bonds is 2. The van der Waals surface area contributed by atoms with Gasteiger partial charge in [-0.25, -0.2) is 0 Å². The summed E-state index contributed by atoms with van der Waals surface area (Å²) >= 11 is 3.30. The number of hydrogen-bond acceptors (Lipinski definition) is 1. The molecule has 0 radical (unpaired) electrons. The van der Waals surface area contributed by atoms with Crippen LogP contribution < -0.4 is 0 Å². The van der Waals surface area contributed by atoms with Gasteiger partial charge in [0.2, 0.25) is 0 Å². The molecule has 2 heteroatoms. The van der Waals surface area contributed by atoms with Gasteiger partial charge in [-0.05, 0) is 13.8 Å². The zero-order valence-corrected chi connectivity index (χ0v) is 8.29. The highest BCUT2D eigenvalue weighted by Gasteiger charge is 2.09. The van der Waals surface area contributed by atoms with E-state index >= 15 is 0 Å². The van der Waals surface area contributed by atoms with E-state index in [0.717, 1.165) is 11.8 Å². The minimum absolute atomic E-state index is 0.290. The van der Waals surface area contributed by atoms with Gasteiger partial charge in [-0.2, -0.15) is 0 Å². The van der Waals surface area contributed by atoms with E-state index in [9.17, 15) is 0 Å². The van der Waals surface area contributed by atoms with Crippen molar-refractivity contribution in [2.24, 2.45) is 0 Å². The van der Waals surface area contributed by atoms with Gasteiger partial charge in [-0.3, -0.25) is 0 Å². The van der Waals surface area contributed by atoms with Gasteiger partial charge >= 0.3 is 0 Å². The van der Waals surface area contributed by atoms with E-state index in [1.54, 1.807) is 7.11 Å². The number of methoxy groups -OCH3 is 1. The van der Waals surface area contributed by atoms with Crippen LogP contribution >= 0.6 is 15.9 Å². The highest BCUT2D eigenvalue weighted by atomic mass is 79.9. The van der Waals surface area contributed by atoms with Crippen molar-refractivity contribution in [3.05, 3.63) is 0 Å². The summed E-state index contributed by atoms with van der Waals surface area (Å²) in [4.78, 5) is 0. The van der Waals surface area contributed by atoms with E-state index in [2.05, 4.69) is 27.8 Å². The van der Waals surface area contributed by atoms with Gasteiger partial charge < -0.3 is 4.74 Å². The topological polar surface area (TPSA) is 9.23 Å². The molecular weight excluding hydrogens is 192 g/mol. The molecule has 0 saturated heterocycles. The Bertz CT molecular complexity index is 141. The van der Waals surface area contributed by atoms with Crippen LogP contribution in [0.2, 0.25) is 0 Å². The van der Waals surface area contributed by atoms with Crippen LogP contribution in [0.3, 0.4) is 0 Å². The second kappa shape index (κ2) is 4.76. The van der Waals surface area contributed by atoms with Crippen LogP contribution in [0.4, 0.5) is 0 Å². The molecule has 0 fully saturated rings. The molecule has 0 N–H and O–H groups in total. The molecule has 0 aliphatic heterocycles. The van der Waals surface area contributed by atoms with Gasteiger partial charge in [-0.1, -0.05) is 27.8 Å². The SMILES string of the molecule is COC(C)(C)C#CCCBr. The molecular formula is C8H13BrO. The third-order valence-electron chi connectivity index (χ3n) is 1.12. The monoisotopic (exact) mass is 204 g/mol. The molecule has 0 heterocycles. The molecule has 1 nitrogen and oxygen atoms in total. The zero-order valence-electron chi connectivity index (χ0n) is 6.70. The van der Waals surface area contributed by atoms with Crippen LogP contribution in [-0.4, -0.2) is 18.0 Å². The number of hydrogen-bond donors (Lipinski definition) is 0. The molecule has 0 aromatic rings. The minimum Gasteiger partial charge on any atom is -0.366 e. The lowest BCUT2D eigenvalue weighted by Crippen LogP contribution is -2.19. The molecule has 0 spiro atoms. The maximum absolute atomic E-state index is 5.10. The largest absolute Gasteiger partial charge is 0.366 e. The van der Waals surface area contributed by atoms with E-state index in [1.807, 2.05) is 13.8 Å². The van der Waals surface area contributed by atoms with Crippen molar-refractivity contribution in [1.82, 2.24) is 0 Å². The first-order chi connectivity index (χ1) is 4.62. The molecule has 0 unspecified atom stereocenters. The minimum atomic E-state index is -0.290. The smallest absolute Gasteiger partial charge is 0.122 e. The van der Waals surface area contributed by atoms with Gasteiger partial charge in [-0.15, -0.1) is 0 Å². The zero-order chi connectivity index (χ0) is 8.04. The van der Waals surface area contributed by atoms with Crippen molar-refractivity contribution in [3.63, 3.8) is 0 Å². The molecule has 0 aliphatic rings. The Morgan fingerprint density at radius 3 is 2.50 bits per heavy atom. The Balaban J connectivity index is 3.77. The van der Waals surface area contributed by atoms with Gasteiger partial charge in [0.15, 0.2) is 0 Å². The number of halogens is 1. The highest BCUT2D eigenvalue weighted by Crippen LogP contribution is 2.04. The van der Waals surface area contributed by atoms with E-state index in [0.29, 0.717) is 0 Å². The van der Waals surface area contributed by atoms with Crippen LogP contribution in [-0.2, 0) is 4.74 Å². The van der Waals surface area contributed by atoms with Crippen molar-refractivity contribution in [2.75, 3.05) is 12.4 Å². The Hall–Kier alpha value is 0. The molecule has 0 aromatic heterocycles. The fourth-order valence-electron chi connectivity index (χ4n) is 0.374. The standard InChI is InChI=1S/C8H13BrO/c1-8(2,10-3)6-4-5-7-9/h5,7H2,1-3H3. The third-order valence-corrected chi connectivity index (χ3v) is 1.52. The maximum atomic E-state index is 5.10. The van der Waals surface area contributed by atoms with Crippen LogP contribution in [0.25, 0.3) is 0 Å². The van der Waals surface area contributed by atoms with E-state index in [1.165, 1.54) is 0 Å². The van der Waals surface area contributed by atoms with Gasteiger partial charge in [0.05, 0.1) is 0 Å². The Labute approximate surface area is 71.3 Å². The van der Waals surface area contributed by atoms with Crippen molar-refractivity contribution < 1.29 is 4.74 Å². The summed E-state index contributed by atoms with van der Waals surface area (Å²) in [5, 5.41) is 0.930. The first-order valence-corrected chi connectivity index (χ1v) is 4.35. The Kier molecular flexibility index (Phi) is 4.76. The van der Waals surface area contributed by atoms with Crippen LogP contribution in [0.1, 0.15) is 20.3 Å². The first-order valence-electron chi connectivity index (χ1n) is 3.23. The molecule has 0 saturated carbocycles. The molecule has 0 rings (SSSR count). The predicted octanol–water partition coefficient (Wildman–Crippen LogP) is 2.20. The quantitative estimate of drug-likeness (QED) is 0.496. The second-order valence-corrected chi connectivity index (χ2v) is 3.25. The Morgan fingerprint density at radius 2 is 2.10 bits per heavy atom. The molecule has 0 aromatic carbocycles. The summed E-state index contributed by atoms with van der Waals surface area (Å²) in [5.41, 5.74) is -0.290. The molecule has 10 heavy (non-hydrogen) atoms. The average Bonchev–Trinajstić information content (AvgIpc) is 1.89. The number of alkyl halides is 1. The molecule has 0 amide bonds. The van der Waals surface area contributed by atoms with Gasteiger partial charge in [0, 0.05) is 18.9 Å². The summed E-state index contributed by atoms with van der Waals surface area (Å²) in [7, 11) is 1.67. The number of ether oxygens (including phenoxy) is 1. The molecule has 0 bridgehead atoms. The third kappa shape index (κ3) is 4.84. The highest BCUT2D eigenvalue weighted by molar-refractivity contribution is 9.09. The van der Waals surface area contributed by atoms with Crippen molar-refractivity contribution in [3.8, 4) is 11.8 Å². The summed E-state index contributed by atoms with van der Waals surface area (Å²) in [6, 6.07) is 0. The normalized spacial score (nSPS) is 10.4. The summed E-state index contributed by atoms with van der Waals surface area (Å²) in [5.74, 6) is 6.01. The molecule has 0 aliphatic carbocycles. The average molecular weight is 205 g/mol. The van der Waals surface area contributed by atoms with E-state index in [-0.39, 0.29) is 5.60 Å². The van der Waals surface area contributed by atoms with Crippen LogP contribution in [0, 0.1) is 11.8 Å². The van der Waals surface area contributed by atoms with Gasteiger partial charge in [0.25, 0.3) is 0 Å².